The molecule has 0 unspecified atom stereocenters. The van der Waals surface area contributed by atoms with E-state index in [9.17, 15) is 55.9 Å². The van der Waals surface area contributed by atoms with Crippen molar-refractivity contribution in [3.05, 3.63) is 40.6 Å². The third-order valence-electron chi connectivity index (χ3n) is 7.56. The maximum Gasteiger partial charge on any atom is 0.239 e. The van der Waals surface area contributed by atoms with Crippen LogP contribution >= 0.6 is 0 Å². The molecule has 2 aliphatic rings. The number of benzene rings is 2. The molecule has 45 heavy (non-hydrogen) atoms. The maximum absolute atomic E-state index is 13.8. The second kappa shape index (κ2) is 12.9. The number of aliphatic hydroxyl groups excluding tert-OH is 7. The Morgan fingerprint density at radius 2 is 1.42 bits per heavy atom. The fourth-order valence-corrected chi connectivity index (χ4v) is 5.13. The highest BCUT2D eigenvalue weighted by atomic mass is 16.8. The van der Waals surface area contributed by atoms with Crippen LogP contribution in [-0.4, -0.2) is 133 Å². The third-order valence-corrected chi connectivity index (χ3v) is 7.56. The van der Waals surface area contributed by atoms with E-state index in [0.717, 1.165) is 12.1 Å². The van der Waals surface area contributed by atoms with Crippen molar-refractivity contribution < 1.29 is 79.2 Å². The van der Waals surface area contributed by atoms with Crippen molar-refractivity contribution in [1.82, 2.24) is 0 Å². The van der Waals surface area contributed by atoms with Crippen LogP contribution in [0, 0.1) is 0 Å². The van der Waals surface area contributed by atoms with Crippen molar-refractivity contribution in [2.75, 3.05) is 20.3 Å². The molecule has 17 heteroatoms. The number of phenolic OH excluding ortho intramolecular Hbond substituents is 3. The number of phenols is 3. The molecule has 1 aromatic heterocycles. The predicted octanol–water partition coefficient (Wildman–Crippen LogP) is -2.41. The quantitative estimate of drug-likeness (QED) is 0.123. The van der Waals surface area contributed by atoms with Gasteiger partial charge in [-0.2, -0.15) is 0 Å². The van der Waals surface area contributed by atoms with E-state index in [0.29, 0.717) is 0 Å². The molecule has 0 saturated carbocycles. The molecule has 0 radical (unpaired) electrons. The monoisotopic (exact) mass is 640 g/mol. The minimum atomic E-state index is -1.96. The van der Waals surface area contributed by atoms with Gasteiger partial charge in [0.15, 0.2) is 29.7 Å². The van der Waals surface area contributed by atoms with E-state index in [1.165, 1.54) is 25.3 Å². The van der Waals surface area contributed by atoms with Crippen molar-refractivity contribution >= 4 is 11.0 Å². The van der Waals surface area contributed by atoms with Gasteiger partial charge in [0.05, 0.1) is 20.3 Å². The third kappa shape index (κ3) is 5.98. The lowest BCUT2D eigenvalue weighted by atomic mass is 9.97. The molecule has 2 fully saturated rings. The first-order valence-corrected chi connectivity index (χ1v) is 13.5. The molecule has 0 amide bonds. The van der Waals surface area contributed by atoms with E-state index in [-0.39, 0.29) is 28.4 Å². The van der Waals surface area contributed by atoms with E-state index < -0.39 is 103 Å². The minimum absolute atomic E-state index is 0.0448. The number of rotatable bonds is 8. The number of fused-ring (bicyclic) bond motifs is 1. The molecule has 17 nitrogen and oxygen atoms in total. The number of methoxy groups -OCH3 is 1. The second-order valence-electron chi connectivity index (χ2n) is 10.4. The zero-order valence-electron chi connectivity index (χ0n) is 23.4. The van der Waals surface area contributed by atoms with Crippen LogP contribution in [0.1, 0.15) is 0 Å². The van der Waals surface area contributed by atoms with Crippen molar-refractivity contribution in [1.29, 1.82) is 0 Å². The molecule has 246 valence electrons. The van der Waals surface area contributed by atoms with Crippen LogP contribution in [0.4, 0.5) is 0 Å². The summed E-state index contributed by atoms with van der Waals surface area (Å²) in [6, 6.07) is 5.72. The Labute approximate surface area is 252 Å². The molecule has 3 aromatic rings. The van der Waals surface area contributed by atoms with Crippen LogP contribution in [-0.2, 0) is 14.2 Å². The van der Waals surface area contributed by atoms with Gasteiger partial charge >= 0.3 is 0 Å². The molecule has 2 aliphatic heterocycles. The first-order valence-electron chi connectivity index (χ1n) is 13.5. The standard InChI is InChI=1S/C28H32O17/c1-40-13-4-9(2-3-11(13)32)24-25(20(36)17-12(33)5-10(31)6-14(17)41-24)44-28-26(22(38)19(35)16(8-30)43-28)45-27-23(39)21(37)18(34)15(7-29)42-27/h2-6,15-16,18-19,21-23,26-35,37-39H,7-8H2,1H3/t15-,16+,18-,19-,21+,22+,23-,26-,27+,28+/m1/s1. The minimum Gasteiger partial charge on any atom is -0.508 e. The Morgan fingerprint density at radius 3 is 2.07 bits per heavy atom. The first-order chi connectivity index (χ1) is 21.4. The summed E-state index contributed by atoms with van der Waals surface area (Å²) in [6.07, 6.45) is -17.9. The molecular formula is C28H32O17. The van der Waals surface area contributed by atoms with Gasteiger partial charge in [-0.25, -0.2) is 0 Å². The molecule has 10 N–H and O–H groups in total. The zero-order valence-corrected chi connectivity index (χ0v) is 23.4. The zero-order chi connectivity index (χ0) is 32.7. The van der Waals surface area contributed by atoms with E-state index in [1.807, 2.05) is 0 Å². The van der Waals surface area contributed by atoms with E-state index in [1.54, 1.807) is 0 Å². The normalized spacial score (nSPS) is 32.0. The smallest absolute Gasteiger partial charge is 0.239 e. The van der Waals surface area contributed by atoms with Gasteiger partial charge in [0.1, 0.15) is 65.2 Å². The first kappa shape index (κ1) is 32.6. The van der Waals surface area contributed by atoms with Gasteiger partial charge in [-0.3, -0.25) is 4.79 Å². The summed E-state index contributed by atoms with van der Waals surface area (Å²) < 4.78 is 33.5. The number of aromatic hydroxyl groups is 3. The molecule has 2 aromatic carbocycles. The van der Waals surface area contributed by atoms with Crippen molar-refractivity contribution in [3.8, 4) is 40.1 Å². The number of aliphatic hydroxyl groups is 7. The van der Waals surface area contributed by atoms with Gasteiger partial charge in [0.25, 0.3) is 0 Å². The van der Waals surface area contributed by atoms with Gasteiger partial charge < -0.3 is 79.2 Å². The lowest BCUT2D eigenvalue weighted by molar-refractivity contribution is -0.358. The highest BCUT2D eigenvalue weighted by molar-refractivity contribution is 5.88. The molecule has 5 rings (SSSR count). The largest absolute Gasteiger partial charge is 0.508 e. The van der Waals surface area contributed by atoms with Crippen LogP contribution in [0.2, 0.25) is 0 Å². The van der Waals surface area contributed by atoms with Gasteiger partial charge in [-0.05, 0) is 18.2 Å². The van der Waals surface area contributed by atoms with E-state index in [2.05, 4.69) is 0 Å². The van der Waals surface area contributed by atoms with Crippen LogP contribution in [0.15, 0.2) is 39.5 Å². The number of hydrogen-bond donors (Lipinski definition) is 10. The molecule has 10 atom stereocenters. The molecule has 2 saturated heterocycles. The Kier molecular flexibility index (Phi) is 9.38. The van der Waals surface area contributed by atoms with Crippen LogP contribution in [0.5, 0.6) is 28.7 Å². The second-order valence-corrected chi connectivity index (χ2v) is 10.4. The summed E-state index contributed by atoms with van der Waals surface area (Å²) in [7, 11) is 1.27. The lowest BCUT2D eigenvalue weighted by Crippen LogP contribution is -2.65. The summed E-state index contributed by atoms with van der Waals surface area (Å²) in [5.74, 6) is -2.49. The van der Waals surface area contributed by atoms with Crippen LogP contribution < -0.4 is 14.9 Å². The average Bonchev–Trinajstić information content (AvgIpc) is 3.01. The Morgan fingerprint density at radius 1 is 0.778 bits per heavy atom. The van der Waals surface area contributed by atoms with E-state index in [4.69, 9.17) is 28.1 Å². The predicted molar refractivity (Wildman–Crippen MR) is 146 cm³/mol. The van der Waals surface area contributed by atoms with Gasteiger partial charge in [0, 0.05) is 17.7 Å². The fourth-order valence-electron chi connectivity index (χ4n) is 5.13. The molecular weight excluding hydrogens is 608 g/mol. The average molecular weight is 641 g/mol. The number of hydrogen-bond acceptors (Lipinski definition) is 17. The summed E-state index contributed by atoms with van der Waals surface area (Å²) in [5, 5.41) is 102. The van der Waals surface area contributed by atoms with Crippen molar-refractivity contribution in [2.45, 2.75) is 61.4 Å². The summed E-state index contributed by atoms with van der Waals surface area (Å²) in [5.41, 5.74) is -1.23. The van der Waals surface area contributed by atoms with Gasteiger partial charge in [0.2, 0.25) is 17.5 Å². The highest BCUT2D eigenvalue weighted by Gasteiger charge is 2.51. The highest BCUT2D eigenvalue weighted by Crippen LogP contribution is 2.40. The maximum atomic E-state index is 13.8. The Bertz CT molecular complexity index is 1570. The van der Waals surface area contributed by atoms with Crippen molar-refractivity contribution in [2.24, 2.45) is 0 Å². The molecule has 3 heterocycles. The topological polar surface area (TPSA) is 279 Å². The lowest BCUT2D eigenvalue weighted by Gasteiger charge is -2.45. The van der Waals surface area contributed by atoms with E-state index >= 15 is 0 Å². The summed E-state index contributed by atoms with van der Waals surface area (Å²) >= 11 is 0. The van der Waals surface area contributed by atoms with Crippen LogP contribution in [0.3, 0.4) is 0 Å². The molecule has 0 spiro atoms. The molecule has 0 bridgehead atoms. The SMILES string of the molecule is COc1cc(-c2oc3cc(O)cc(O)c3c(=O)c2O[C@@H]2O[C@@H](CO)[C@@H](O)[C@H](O)[C@H]2O[C@@H]2O[C@H](CO)[C@@H](O)[C@H](O)[C@H]2O)ccc1O. The fraction of sp³-hybridized carbons (Fsp3) is 0.464. The summed E-state index contributed by atoms with van der Waals surface area (Å²) in [4.78, 5) is 13.8. The van der Waals surface area contributed by atoms with Gasteiger partial charge in [-0.15, -0.1) is 0 Å². The summed E-state index contributed by atoms with van der Waals surface area (Å²) in [6.45, 7) is -1.65. The van der Waals surface area contributed by atoms with Gasteiger partial charge in [-0.1, -0.05) is 0 Å². The Hall–Kier alpha value is -3.75. The van der Waals surface area contributed by atoms with Crippen LogP contribution in [0.25, 0.3) is 22.3 Å². The van der Waals surface area contributed by atoms with Crippen molar-refractivity contribution in [3.63, 3.8) is 0 Å². The molecule has 0 aliphatic carbocycles. The Balaban J connectivity index is 1.62. The number of ether oxygens (including phenoxy) is 5.